The largest absolute Gasteiger partial charge is 2.00 e. The number of hydrogen-bond donors (Lipinski definition) is 0. The zero-order chi connectivity index (χ0) is 17.0. The van der Waals surface area contributed by atoms with Crippen LogP contribution in [0.4, 0.5) is 17.3 Å². The van der Waals surface area contributed by atoms with Gasteiger partial charge in [-0.15, -0.1) is 20.6 Å². The minimum Gasteiger partial charge on any atom is -0.519 e. The van der Waals surface area contributed by atoms with Crippen LogP contribution in [0.5, 0.6) is 0 Å². The Balaban J connectivity index is 0.00000484. The van der Waals surface area contributed by atoms with Gasteiger partial charge >= 0.3 is 31.0 Å². The number of oxime groups is 4. The Labute approximate surface area is 139 Å². The first kappa shape index (κ1) is 21.2. The van der Waals surface area contributed by atoms with Gasteiger partial charge in [-0.3, -0.25) is 0 Å². The van der Waals surface area contributed by atoms with Gasteiger partial charge in [-0.05, 0) is 27.7 Å². The fourth-order valence-electron chi connectivity index (χ4n) is 0.864. The molecule has 15 heteroatoms. The summed E-state index contributed by atoms with van der Waals surface area (Å²) in [6.45, 7) is 4.73. The van der Waals surface area contributed by atoms with E-state index in [2.05, 4.69) is 39.6 Å². The Morgan fingerprint density at radius 3 is 0.913 bits per heavy atom. The summed E-state index contributed by atoms with van der Waals surface area (Å²) in [6.07, 6.45) is 0. The maximum atomic E-state index is 13.2. The second-order valence-electron chi connectivity index (χ2n) is 4.20. The molecule has 0 saturated heterocycles. The monoisotopic (exact) mass is 385 g/mol. The SMILES string of the molecule is CC1=N/O[B-](F)(F)O/N=C(C)/C(C)=N\O[B-](F)(F)O\N=C\1C.[Co+2]. The Morgan fingerprint density at radius 1 is 0.565 bits per heavy atom. The average molecular weight is 385 g/mol. The van der Waals surface area contributed by atoms with E-state index < -0.39 is 14.2 Å². The van der Waals surface area contributed by atoms with E-state index >= 15 is 0 Å². The smallest absolute Gasteiger partial charge is 0.519 e. The third kappa shape index (κ3) is 7.36. The summed E-state index contributed by atoms with van der Waals surface area (Å²) in [6, 6.07) is 0. The predicted octanol–water partition coefficient (Wildman–Crippen LogP) is 2.32. The zero-order valence-corrected chi connectivity index (χ0v) is 13.5. The molecule has 1 rings (SSSR count). The van der Waals surface area contributed by atoms with Crippen molar-refractivity contribution in [3.8, 4) is 0 Å². The molecule has 0 spiro atoms. The van der Waals surface area contributed by atoms with E-state index in [1.165, 1.54) is 27.7 Å². The van der Waals surface area contributed by atoms with Crippen molar-refractivity contribution < 1.29 is 53.1 Å². The summed E-state index contributed by atoms with van der Waals surface area (Å²) >= 11 is 0. The molecule has 8 nitrogen and oxygen atoms in total. The van der Waals surface area contributed by atoms with Crippen molar-refractivity contribution in [2.45, 2.75) is 27.7 Å². The molecule has 0 saturated carbocycles. The van der Waals surface area contributed by atoms with E-state index in [1.807, 2.05) is 0 Å². The van der Waals surface area contributed by atoms with E-state index in [-0.39, 0.29) is 39.6 Å². The quantitative estimate of drug-likeness (QED) is 0.473. The molecule has 1 aliphatic rings. The van der Waals surface area contributed by atoms with Crippen LogP contribution in [0.25, 0.3) is 0 Å². The summed E-state index contributed by atoms with van der Waals surface area (Å²) in [5.41, 5.74) is -0.966. The molecule has 0 fully saturated rings. The Morgan fingerprint density at radius 2 is 0.739 bits per heavy atom. The molecule has 0 aromatic rings. The molecule has 0 unspecified atom stereocenters. The zero-order valence-electron chi connectivity index (χ0n) is 12.4. The summed E-state index contributed by atoms with van der Waals surface area (Å²) in [4.78, 5) is 0. The van der Waals surface area contributed by atoms with Gasteiger partial charge in [0.25, 0.3) is 0 Å². The van der Waals surface area contributed by atoms with Gasteiger partial charge in [0, 0.05) is 0 Å². The number of rotatable bonds is 0. The van der Waals surface area contributed by atoms with E-state index in [0.29, 0.717) is 0 Å². The number of halogens is 4. The van der Waals surface area contributed by atoms with Crippen molar-refractivity contribution in [3.05, 3.63) is 0 Å². The predicted molar refractivity (Wildman–Crippen MR) is 72.7 cm³/mol. The van der Waals surface area contributed by atoms with Gasteiger partial charge in [0.05, 0.1) is 22.8 Å². The van der Waals surface area contributed by atoms with Gasteiger partial charge in [0.2, 0.25) is 0 Å². The first-order valence-electron chi connectivity index (χ1n) is 5.94. The van der Waals surface area contributed by atoms with Crippen LogP contribution in [-0.2, 0) is 35.8 Å². The molecule has 0 aromatic heterocycles. The molecule has 131 valence electrons. The molecule has 23 heavy (non-hydrogen) atoms. The standard InChI is InChI=1S/C8H12B2F4N4O4.Co/c1-5-6(2)16-20-10(13,14)22-18-8(4)7(3)17-21-9(11,12)19-15-5;/h1-4H3;/q-2;+2/b15-5-,16-6+,17-7+,18-8-;. The van der Waals surface area contributed by atoms with Gasteiger partial charge in [0.1, 0.15) is 0 Å². The molecule has 0 aliphatic carbocycles. The van der Waals surface area contributed by atoms with E-state index in [4.69, 9.17) is 0 Å². The van der Waals surface area contributed by atoms with Gasteiger partial charge < -0.3 is 36.3 Å². The second-order valence-corrected chi connectivity index (χ2v) is 4.20. The third-order valence-corrected chi connectivity index (χ3v) is 2.30. The van der Waals surface area contributed by atoms with Gasteiger partial charge in [-0.1, -0.05) is 0 Å². The Hall–Kier alpha value is -1.76. The molecule has 1 heterocycles. The molecule has 1 aliphatic heterocycles. The van der Waals surface area contributed by atoms with Crippen LogP contribution in [0.1, 0.15) is 27.7 Å². The fraction of sp³-hybridized carbons (Fsp3) is 0.500. The number of nitrogens with zero attached hydrogens (tertiary/aromatic N) is 4. The Bertz CT molecular complexity index is 466. The van der Waals surface area contributed by atoms with Gasteiger partial charge in [-0.25, -0.2) is 0 Å². The third-order valence-electron chi connectivity index (χ3n) is 2.30. The van der Waals surface area contributed by atoms with Crippen LogP contribution in [0, 0.1) is 0 Å². The molecule has 0 N–H and O–H groups in total. The summed E-state index contributed by atoms with van der Waals surface area (Å²) in [5, 5.41) is 12.1. The Kier molecular flexibility index (Phi) is 7.56. The van der Waals surface area contributed by atoms with Crippen LogP contribution in [0.2, 0.25) is 0 Å². The molecule has 0 amide bonds. The van der Waals surface area contributed by atoms with E-state index in [0.717, 1.165) is 0 Å². The average Bonchev–Trinajstić information content (AvgIpc) is 2.45. The van der Waals surface area contributed by atoms with Crippen LogP contribution >= 0.6 is 0 Å². The minimum absolute atomic E-state index is 0. The summed E-state index contributed by atoms with van der Waals surface area (Å²) < 4.78 is 68.5. The minimum atomic E-state index is -4.85. The first-order valence-corrected chi connectivity index (χ1v) is 5.94. The fourth-order valence-corrected chi connectivity index (χ4v) is 0.864. The normalized spacial score (nSPS) is 30.3. The van der Waals surface area contributed by atoms with Crippen molar-refractivity contribution >= 4 is 37.1 Å². The molecule has 1 radical (unpaired) electrons. The molecule has 0 bridgehead atoms. The van der Waals surface area contributed by atoms with E-state index in [9.17, 15) is 17.3 Å². The van der Waals surface area contributed by atoms with Crippen LogP contribution in [-0.4, -0.2) is 37.1 Å². The van der Waals surface area contributed by atoms with Crippen molar-refractivity contribution in [1.29, 1.82) is 0 Å². The molecule has 0 aromatic carbocycles. The van der Waals surface area contributed by atoms with Crippen LogP contribution in [0.3, 0.4) is 0 Å². The van der Waals surface area contributed by atoms with Crippen LogP contribution < -0.4 is 0 Å². The summed E-state index contributed by atoms with van der Waals surface area (Å²) in [5.74, 6) is 0. The van der Waals surface area contributed by atoms with Crippen molar-refractivity contribution in [3.63, 3.8) is 0 Å². The van der Waals surface area contributed by atoms with Gasteiger partial charge in [0.15, 0.2) is 0 Å². The van der Waals surface area contributed by atoms with Gasteiger partial charge in [-0.2, -0.15) is 0 Å². The maximum absolute atomic E-state index is 13.2. The maximum Gasteiger partial charge on any atom is 2.00 e. The van der Waals surface area contributed by atoms with Crippen molar-refractivity contribution in [2.24, 2.45) is 20.6 Å². The van der Waals surface area contributed by atoms with Crippen molar-refractivity contribution in [1.82, 2.24) is 0 Å². The van der Waals surface area contributed by atoms with Crippen molar-refractivity contribution in [2.75, 3.05) is 0 Å². The number of hydrogen-bond acceptors (Lipinski definition) is 8. The summed E-state index contributed by atoms with van der Waals surface area (Å²) in [7, 11) is -9.71. The molecular formula is C8H12B2CoF4N4O4. The first-order chi connectivity index (χ1) is 10.0. The van der Waals surface area contributed by atoms with Crippen LogP contribution in [0.15, 0.2) is 20.6 Å². The second kappa shape index (κ2) is 8.19. The molecule has 0 atom stereocenters. The topological polar surface area (TPSA) is 86.4 Å². The van der Waals surface area contributed by atoms with E-state index in [1.54, 1.807) is 0 Å². The molecular weight excluding hydrogens is 373 g/mol.